The van der Waals surface area contributed by atoms with E-state index in [1.807, 2.05) is 0 Å². The molecule has 0 heterocycles. The molecule has 8 unspecified atom stereocenters. The van der Waals surface area contributed by atoms with Crippen LogP contribution in [0.5, 0.6) is 0 Å². The van der Waals surface area contributed by atoms with Crippen LogP contribution in [0.2, 0.25) is 0 Å². The van der Waals surface area contributed by atoms with Crippen molar-refractivity contribution >= 4 is 23.7 Å². The van der Waals surface area contributed by atoms with E-state index in [9.17, 15) is 19.2 Å². The highest BCUT2D eigenvalue weighted by atomic mass is 16.5. The molecule has 0 bridgehead atoms. The largest absolute Gasteiger partial charge is 0.458 e. The molecule has 3 fully saturated rings. The molecule has 8 aliphatic rings. The molecule has 0 amide bonds. The van der Waals surface area contributed by atoms with E-state index in [0.717, 1.165) is 76.4 Å². The lowest BCUT2D eigenvalue weighted by molar-refractivity contribution is -0.145. The zero-order valence-corrected chi connectivity index (χ0v) is 33.2. The van der Waals surface area contributed by atoms with Gasteiger partial charge in [0.05, 0.1) is 0 Å². The Bertz CT molecular complexity index is 1660. The summed E-state index contributed by atoms with van der Waals surface area (Å²) in [6.45, 7) is 19.7. The van der Waals surface area contributed by atoms with Gasteiger partial charge in [-0.25, -0.2) is 0 Å². The lowest BCUT2D eigenvalue weighted by Gasteiger charge is -2.55. The molecule has 3 saturated carbocycles. The van der Waals surface area contributed by atoms with Gasteiger partial charge in [0, 0.05) is 61.7 Å². The fourth-order valence-electron chi connectivity index (χ4n) is 12.6. The van der Waals surface area contributed by atoms with Crippen molar-refractivity contribution in [2.75, 3.05) is 0 Å². The molecule has 0 aromatic heterocycles. The Morgan fingerprint density at radius 2 is 1.13 bits per heavy atom. The van der Waals surface area contributed by atoms with Crippen molar-refractivity contribution in [3.05, 3.63) is 72.6 Å². The number of ether oxygens (including phenoxy) is 3. The first-order chi connectivity index (χ1) is 25.1. The Balaban J connectivity index is 0.000000174. The number of hydrogen-bond donors (Lipinski definition) is 0. The predicted octanol–water partition coefficient (Wildman–Crippen LogP) is 9.74. The van der Waals surface area contributed by atoms with Crippen LogP contribution in [0.1, 0.15) is 119 Å². The molecule has 0 saturated heterocycles. The molecule has 0 aliphatic heterocycles. The van der Waals surface area contributed by atoms with E-state index in [4.69, 9.17) is 14.2 Å². The quantitative estimate of drug-likeness (QED) is 0.162. The zero-order valence-electron chi connectivity index (χ0n) is 33.2. The van der Waals surface area contributed by atoms with Crippen LogP contribution in [0.4, 0.5) is 0 Å². The second kappa shape index (κ2) is 14.6. The molecule has 7 heteroatoms. The van der Waals surface area contributed by atoms with Gasteiger partial charge in [0.25, 0.3) is 0 Å². The summed E-state index contributed by atoms with van der Waals surface area (Å²) in [5.41, 5.74) is 2.89. The third-order valence-electron chi connectivity index (χ3n) is 15.3. The van der Waals surface area contributed by atoms with Crippen molar-refractivity contribution in [1.82, 2.24) is 0 Å². The number of esters is 3. The standard InChI is InChI=1S/C23H30O4.C21H28O3.C2H4/c1-14(24)26-17-9-11-22(3)16(13-17)5-6-18-19-7-8-21(27-15(2)25)23(19,4)12-10-20(18)22;1-13(22)24-15-8-10-20(2)14(12-15)4-5-16-17-6-7-19(23)21(17,3)11-9-18(16)20;1-2/h5,8-9,11,17-20H,6-7,10,12-13H2,1-4H3;4,8,10,15-18H,5-7,9,11-12H2,1-3H3;1-2H2/t17?,18?,19?,20?,22-,23-;15?,16?,17?,18?,20-,21-;/m00./s1. The summed E-state index contributed by atoms with van der Waals surface area (Å²) in [7, 11) is 0. The lowest BCUT2D eigenvalue weighted by atomic mass is 9.49. The molecule has 0 aromatic rings. The molecule has 0 aromatic carbocycles. The van der Waals surface area contributed by atoms with Crippen molar-refractivity contribution in [3.8, 4) is 0 Å². The summed E-state index contributed by atoms with van der Waals surface area (Å²) in [4.78, 5) is 46.6. The highest BCUT2D eigenvalue weighted by molar-refractivity contribution is 5.87. The van der Waals surface area contributed by atoms with E-state index in [1.165, 1.54) is 31.9 Å². The van der Waals surface area contributed by atoms with Gasteiger partial charge in [-0.1, -0.05) is 63.1 Å². The summed E-state index contributed by atoms with van der Waals surface area (Å²) in [5, 5.41) is 0. The average Bonchev–Trinajstić information content (AvgIpc) is 3.60. The van der Waals surface area contributed by atoms with Crippen molar-refractivity contribution in [1.29, 1.82) is 0 Å². The second-order valence-electron chi connectivity index (χ2n) is 17.9. The summed E-state index contributed by atoms with van der Waals surface area (Å²) in [5.74, 6) is 4.27. The molecule has 0 N–H and O–H groups in total. The zero-order chi connectivity index (χ0) is 38.5. The van der Waals surface area contributed by atoms with Crippen LogP contribution in [0, 0.1) is 57.2 Å². The number of allylic oxidation sites excluding steroid dienone is 6. The fraction of sp³-hybridized carbons (Fsp3) is 0.652. The maximum atomic E-state index is 12.4. The normalized spacial score (nSPS) is 42.7. The van der Waals surface area contributed by atoms with Crippen LogP contribution in [0.15, 0.2) is 72.6 Å². The number of rotatable bonds is 3. The first-order valence-corrected chi connectivity index (χ1v) is 20.1. The average molecular weight is 727 g/mol. The minimum atomic E-state index is -0.217. The van der Waals surface area contributed by atoms with Crippen LogP contribution < -0.4 is 0 Å². The van der Waals surface area contributed by atoms with E-state index >= 15 is 0 Å². The van der Waals surface area contributed by atoms with Crippen LogP contribution in [0.3, 0.4) is 0 Å². The summed E-state index contributed by atoms with van der Waals surface area (Å²) < 4.78 is 16.4. The third-order valence-corrected chi connectivity index (χ3v) is 15.3. The van der Waals surface area contributed by atoms with E-state index in [2.05, 4.69) is 83.4 Å². The molecule has 0 radical (unpaired) electrons. The Morgan fingerprint density at radius 1 is 0.642 bits per heavy atom. The number of hydrogen-bond acceptors (Lipinski definition) is 7. The smallest absolute Gasteiger partial charge is 0.307 e. The molecule has 288 valence electrons. The Hall–Kier alpha value is -3.48. The first kappa shape index (κ1) is 39.2. The van der Waals surface area contributed by atoms with E-state index in [0.29, 0.717) is 41.3 Å². The van der Waals surface area contributed by atoms with Gasteiger partial charge in [-0.3, -0.25) is 19.2 Å². The number of carbonyl (C=O) groups excluding carboxylic acids is 4. The SMILES string of the molecule is C=C.CC(=O)OC1=CCC2C3CC=C4CC(OC(C)=O)C=C[C@]4(C)C3CC[C@]12C.CC(=O)OC1C=C[C@@]2(C)C(=CCC3C2CC[C@]2(C)C(=O)CCC32)C1. The van der Waals surface area contributed by atoms with Gasteiger partial charge >= 0.3 is 17.9 Å². The minimum absolute atomic E-state index is 0.0206. The van der Waals surface area contributed by atoms with Gasteiger partial charge in [0.15, 0.2) is 0 Å². The van der Waals surface area contributed by atoms with E-state index in [1.54, 1.807) is 0 Å². The van der Waals surface area contributed by atoms with Crippen LogP contribution in [0.25, 0.3) is 0 Å². The molecule has 8 rings (SSSR count). The Kier molecular flexibility index (Phi) is 10.8. The third kappa shape index (κ3) is 6.77. The maximum Gasteiger partial charge on any atom is 0.307 e. The molecule has 7 nitrogen and oxygen atoms in total. The lowest BCUT2D eigenvalue weighted by Crippen LogP contribution is -2.49. The van der Waals surface area contributed by atoms with Crippen LogP contribution in [-0.2, 0) is 33.4 Å². The van der Waals surface area contributed by atoms with E-state index in [-0.39, 0.29) is 51.8 Å². The van der Waals surface area contributed by atoms with Gasteiger partial charge in [-0.15, -0.1) is 13.2 Å². The van der Waals surface area contributed by atoms with Crippen molar-refractivity contribution < 1.29 is 33.4 Å². The molecule has 53 heavy (non-hydrogen) atoms. The van der Waals surface area contributed by atoms with Gasteiger partial charge in [-0.2, -0.15) is 0 Å². The first-order valence-electron chi connectivity index (χ1n) is 20.1. The summed E-state index contributed by atoms with van der Waals surface area (Å²) >= 11 is 0. The van der Waals surface area contributed by atoms with Gasteiger partial charge < -0.3 is 14.2 Å². The van der Waals surface area contributed by atoms with Crippen LogP contribution >= 0.6 is 0 Å². The number of fused-ring (bicyclic) bond motifs is 10. The topological polar surface area (TPSA) is 96.0 Å². The monoisotopic (exact) mass is 726 g/mol. The Morgan fingerprint density at radius 3 is 1.62 bits per heavy atom. The minimum Gasteiger partial charge on any atom is -0.458 e. The molecule has 0 spiro atoms. The van der Waals surface area contributed by atoms with Gasteiger partial charge in [-0.05, 0) is 105 Å². The van der Waals surface area contributed by atoms with Crippen LogP contribution in [-0.4, -0.2) is 35.9 Å². The van der Waals surface area contributed by atoms with Crippen molar-refractivity contribution in [2.24, 2.45) is 57.2 Å². The molecule has 12 atom stereocenters. The second-order valence-corrected chi connectivity index (χ2v) is 17.9. The number of carbonyl (C=O) groups is 4. The highest BCUT2D eigenvalue weighted by Crippen LogP contribution is 2.65. The highest BCUT2D eigenvalue weighted by Gasteiger charge is 2.59. The number of ketones is 1. The molecular weight excluding hydrogens is 664 g/mol. The fourth-order valence-corrected chi connectivity index (χ4v) is 12.6. The van der Waals surface area contributed by atoms with E-state index < -0.39 is 0 Å². The molecule has 8 aliphatic carbocycles. The Labute approximate surface area is 317 Å². The van der Waals surface area contributed by atoms with Crippen molar-refractivity contribution in [2.45, 2.75) is 131 Å². The summed E-state index contributed by atoms with van der Waals surface area (Å²) in [6.07, 6.45) is 26.5. The molecular formula is C46H62O7. The maximum absolute atomic E-state index is 12.4. The van der Waals surface area contributed by atoms with Gasteiger partial charge in [0.2, 0.25) is 0 Å². The van der Waals surface area contributed by atoms with Crippen molar-refractivity contribution in [3.63, 3.8) is 0 Å². The summed E-state index contributed by atoms with van der Waals surface area (Å²) in [6, 6.07) is 0. The predicted molar refractivity (Wildman–Crippen MR) is 206 cm³/mol. The number of Topliss-reactive ketones (excluding diaryl/α,β-unsaturated/α-hetero) is 1. The van der Waals surface area contributed by atoms with Gasteiger partial charge in [0.1, 0.15) is 23.8 Å².